The lowest BCUT2D eigenvalue weighted by Crippen LogP contribution is -2.46. The molecule has 5 heteroatoms. The molecule has 0 aromatic carbocycles. The van der Waals surface area contributed by atoms with Gasteiger partial charge in [0.15, 0.2) is 0 Å². The number of likely N-dealkylation sites (tertiary alicyclic amines) is 1. The molecule has 17 heavy (non-hydrogen) atoms. The van der Waals surface area contributed by atoms with E-state index in [2.05, 4.69) is 16.1 Å². The molecule has 98 valence electrons. The van der Waals surface area contributed by atoms with Crippen LogP contribution in [0, 0.1) is 12.3 Å². The fourth-order valence-corrected chi connectivity index (χ4v) is 2.20. The lowest BCUT2D eigenvalue weighted by molar-refractivity contribution is -0.139. The average Bonchev–Trinajstić information content (AvgIpc) is 2.18. The highest BCUT2D eigenvalue weighted by atomic mass is 19.4. The summed E-state index contributed by atoms with van der Waals surface area (Å²) in [6.45, 7) is 3.94. The van der Waals surface area contributed by atoms with Crippen molar-refractivity contribution in [1.29, 1.82) is 0 Å². The minimum atomic E-state index is -4.09. The van der Waals surface area contributed by atoms with Crippen LogP contribution in [0.15, 0.2) is 0 Å². The van der Waals surface area contributed by atoms with E-state index in [-0.39, 0.29) is 6.04 Å². The Hall–Kier alpha value is -0.730. The molecule has 0 spiro atoms. The number of piperidine rings is 1. The summed E-state index contributed by atoms with van der Waals surface area (Å²) in [6, 6.07) is -0.333. The second-order valence-electron chi connectivity index (χ2n) is 4.64. The van der Waals surface area contributed by atoms with Crippen LogP contribution in [0.4, 0.5) is 13.2 Å². The normalized spacial score (nSPS) is 21.1. The van der Waals surface area contributed by atoms with Crippen molar-refractivity contribution in [2.45, 2.75) is 44.4 Å². The number of nitrogens with zero attached hydrogens (tertiary/aromatic N) is 1. The third-order valence-electron chi connectivity index (χ3n) is 2.96. The van der Waals surface area contributed by atoms with E-state index in [0.717, 1.165) is 25.9 Å². The molecule has 1 rings (SSSR count). The molecule has 0 aromatic rings. The van der Waals surface area contributed by atoms with E-state index in [1.54, 1.807) is 6.92 Å². The number of alkyl halides is 3. The molecule has 1 atom stereocenters. The van der Waals surface area contributed by atoms with Gasteiger partial charge in [0.25, 0.3) is 0 Å². The number of rotatable bonds is 4. The first-order chi connectivity index (χ1) is 7.90. The molecule has 1 saturated heterocycles. The van der Waals surface area contributed by atoms with Crippen molar-refractivity contribution in [2.24, 2.45) is 0 Å². The molecule has 0 radical (unpaired) electrons. The molecular formula is C12H19F3N2. The molecule has 0 saturated carbocycles. The van der Waals surface area contributed by atoms with Gasteiger partial charge in [0, 0.05) is 25.2 Å². The zero-order valence-electron chi connectivity index (χ0n) is 10.1. The molecule has 0 bridgehead atoms. The van der Waals surface area contributed by atoms with Crippen molar-refractivity contribution in [3.63, 3.8) is 0 Å². The Kier molecular flexibility index (Phi) is 5.29. The van der Waals surface area contributed by atoms with Crippen LogP contribution in [0.3, 0.4) is 0 Å². The summed E-state index contributed by atoms with van der Waals surface area (Å²) in [5.41, 5.74) is 0. The van der Waals surface area contributed by atoms with Gasteiger partial charge in [-0.15, -0.1) is 6.42 Å². The highest BCUT2D eigenvalue weighted by molar-refractivity contribution is 4.90. The van der Waals surface area contributed by atoms with Crippen molar-refractivity contribution in [1.82, 2.24) is 10.2 Å². The van der Waals surface area contributed by atoms with Crippen LogP contribution in [-0.2, 0) is 0 Å². The van der Waals surface area contributed by atoms with E-state index in [1.807, 2.05) is 0 Å². The van der Waals surface area contributed by atoms with Gasteiger partial charge in [-0.1, -0.05) is 5.92 Å². The number of hydrogen-bond acceptors (Lipinski definition) is 2. The third kappa shape index (κ3) is 5.94. The quantitative estimate of drug-likeness (QED) is 0.766. The van der Waals surface area contributed by atoms with Gasteiger partial charge in [-0.2, -0.15) is 13.2 Å². The van der Waals surface area contributed by atoms with Crippen LogP contribution in [-0.4, -0.2) is 42.8 Å². The van der Waals surface area contributed by atoms with Crippen LogP contribution in [0.1, 0.15) is 26.2 Å². The molecule has 0 amide bonds. The van der Waals surface area contributed by atoms with Crippen LogP contribution in [0.2, 0.25) is 0 Å². The fourth-order valence-electron chi connectivity index (χ4n) is 2.20. The van der Waals surface area contributed by atoms with E-state index in [1.165, 1.54) is 0 Å². The Bertz CT molecular complexity index is 262. The van der Waals surface area contributed by atoms with Gasteiger partial charge >= 0.3 is 6.18 Å². The van der Waals surface area contributed by atoms with Gasteiger partial charge < -0.3 is 5.32 Å². The van der Waals surface area contributed by atoms with Crippen LogP contribution >= 0.6 is 0 Å². The molecule has 1 aliphatic heterocycles. The zero-order chi connectivity index (χ0) is 12.9. The minimum absolute atomic E-state index is 0.182. The first-order valence-electron chi connectivity index (χ1n) is 5.89. The molecular weight excluding hydrogens is 229 g/mol. The van der Waals surface area contributed by atoms with Crippen molar-refractivity contribution < 1.29 is 13.2 Å². The molecule has 1 unspecified atom stereocenters. The van der Waals surface area contributed by atoms with Crippen molar-refractivity contribution in [3.8, 4) is 12.3 Å². The summed E-state index contributed by atoms with van der Waals surface area (Å²) in [7, 11) is 0. The first kappa shape index (κ1) is 14.3. The standard InChI is InChI=1S/C12H19F3N2/c1-3-6-17-7-4-11(5-8-17)16-10(2)9-12(13,14)15/h1,10-11,16H,4-9H2,2H3. The van der Waals surface area contributed by atoms with E-state index in [4.69, 9.17) is 6.42 Å². The minimum Gasteiger partial charge on any atom is -0.311 e. The molecule has 1 heterocycles. The van der Waals surface area contributed by atoms with E-state index >= 15 is 0 Å². The Balaban J connectivity index is 2.24. The van der Waals surface area contributed by atoms with Gasteiger partial charge in [0.05, 0.1) is 13.0 Å². The fraction of sp³-hybridized carbons (Fsp3) is 0.833. The first-order valence-corrected chi connectivity index (χ1v) is 5.89. The molecule has 0 aliphatic carbocycles. The zero-order valence-corrected chi connectivity index (χ0v) is 10.1. The van der Waals surface area contributed by atoms with E-state index in [0.29, 0.717) is 6.54 Å². The molecule has 1 fully saturated rings. The van der Waals surface area contributed by atoms with Crippen LogP contribution in [0.5, 0.6) is 0 Å². The SMILES string of the molecule is C#CCN1CCC(NC(C)CC(F)(F)F)CC1. The average molecular weight is 248 g/mol. The van der Waals surface area contributed by atoms with Crippen molar-refractivity contribution >= 4 is 0 Å². The van der Waals surface area contributed by atoms with Gasteiger partial charge in [-0.3, -0.25) is 4.90 Å². The van der Waals surface area contributed by atoms with Gasteiger partial charge in [-0.25, -0.2) is 0 Å². The summed E-state index contributed by atoms with van der Waals surface area (Å²) in [5, 5.41) is 3.04. The summed E-state index contributed by atoms with van der Waals surface area (Å²) in [5.74, 6) is 2.58. The Morgan fingerprint density at radius 2 is 2.00 bits per heavy atom. The van der Waals surface area contributed by atoms with Crippen LogP contribution < -0.4 is 5.32 Å². The van der Waals surface area contributed by atoms with E-state index < -0.39 is 18.6 Å². The Labute approximate surface area is 101 Å². The van der Waals surface area contributed by atoms with Crippen LogP contribution in [0.25, 0.3) is 0 Å². The lowest BCUT2D eigenvalue weighted by atomic mass is 10.0. The van der Waals surface area contributed by atoms with E-state index in [9.17, 15) is 13.2 Å². The second-order valence-corrected chi connectivity index (χ2v) is 4.64. The topological polar surface area (TPSA) is 15.3 Å². The molecule has 0 aromatic heterocycles. The molecule has 2 nitrogen and oxygen atoms in total. The highest BCUT2D eigenvalue weighted by Crippen LogP contribution is 2.22. The maximum Gasteiger partial charge on any atom is 0.390 e. The van der Waals surface area contributed by atoms with Crippen molar-refractivity contribution in [3.05, 3.63) is 0 Å². The Morgan fingerprint density at radius 3 is 2.47 bits per heavy atom. The van der Waals surface area contributed by atoms with Gasteiger partial charge in [0.1, 0.15) is 0 Å². The smallest absolute Gasteiger partial charge is 0.311 e. The Morgan fingerprint density at radius 1 is 1.41 bits per heavy atom. The largest absolute Gasteiger partial charge is 0.390 e. The maximum absolute atomic E-state index is 12.2. The highest BCUT2D eigenvalue weighted by Gasteiger charge is 2.31. The van der Waals surface area contributed by atoms with Gasteiger partial charge in [0.2, 0.25) is 0 Å². The molecule has 1 N–H and O–H groups in total. The third-order valence-corrected chi connectivity index (χ3v) is 2.96. The summed E-state index contributed by atoms with van der Waals surface area (Å²) < 4.78 is 36.5. The summed E-state index contributed by atoms with van der Waals surface area (Å²) in [6.07, 6.45) is 2.09. The number of halogens is 3. The number of terminal acetylenes is 1. The maximum atomic E-state index is 12.2. The predicted molar refractivity (Wildman–Crippen MR) is 61.6 cm³/mol. The van der Waals surface area contributed by atoms with Gasteiger partial charge in [-0.05, 0) is 19.8 Å². The predicted octanol–water partition coefficient (Wildman–Crippen LogP) is 2.01. The van der Waals surface area contributed by atoms with Crippen molar-refractivity contribution in [2.75, 3.05) is 19.6 Å². The second kappa shape index (κ2) is 6.27. The number of hydrogen-bond donors (Lipinski definition) is 1. The molecule has 1 aliphatic rings. The summed E-state index contributed by atoms with van der Waals surface area (Å²) >= 11 is 0. The summed E-state index contributed by atoms with van der Waals surface area (Å²) in [4.78, 5) is 2.15. The number of nitrogens with one attached hydrogen (secondary N) is 1. The lowest BCUT2D eigenvalue weighted by Gasteiger charge is -2.33. The monoisotopic (exact) mass is 248 g/mol.